The Balaban J connectivity index is 2.07. The Kier molecular flexibility index (Phi) is 10.7. The van der Waals surface area contributed by atoms with Gasteiger partial charge in [-0.3, -0.25) is 13.9 Å². The Morgan fingerprint density at radius 3 is 2.27 bits per heavy atom. The van der Waals surface area contributed by atoms with Crippen LogP contribution < -0.4 is 14.4 Å². The van der Waals surface area contributed by atoms with Crippen LogP contribution in [0, 0.1) is 13.8 Å². The van der Waals surface area contributed by atoms with Gasteiger partial charge < -0.3 is 15.0 Å². The van der Waals surface area contributed by atoms with Crippen molar-refractivity contribution in [3.05, 3.63) is 95.1 Å². The Labute approximate surface area is 238 Å². The molecule has 2 amide bonds. The lowest BCUT2D eigenvalue weighted by atomic mass is 10.0. The van der Waals surface area contributed by atoms with Crippen molar-refractivity contribution in [2.75, 3.05) is 30.8 Å². The van der Waals surface area contributed by atoms with Crippen LogP contribution in [0.15, 0.2) is 72.8 Å². The minimum Gasteiger partial charge on any atom is -0.497 e. The summed E-state index contributed by atoms with van der Waals surface area (Å²) in [7, 11) is -2.26. The molecule has 0 heterocycles. The number of hydrogen-bond donors (Lipinski definition) is 1. The highest BCUT2D eigenvalue weighted by molar-refractivity contribution is 7.92. The van der Waals surface area contributed by atoms with Crippen LogP contribution in [0.5, 0.6) is 5.75 Å². The molecular formula is C31H39N3O5S. The van der Waals surface area contributed by atoms with E-state index in [1.165, 1.54) is 4.90 Å². The second-order valence-corrected chi connectivity index (χ2v) is 11.8. The Hall–Kier alpha value is -3.85. The van der Waals surface area contributed by atoms with Crippen LogP contribution in [0.25, 0.3) is 0 Å². The van der Waals surface area contributed by atoms with Crippen molar-refractivity contribution in [1.29, 1.82) is 0 Å². The Morgan fingerprint density at radius 2 is 1.65 bits per heavy atom. The smallest absolute Gasteiger partial charge is 0.244 e. The van der Waals surface area contributed by atoms with Crippen molar-refractivity contribution in [3.63, 3.8) is 0 Å². The monoisotopic (exact) mass is 565 g/mol. The lowest BCUT2D eigenvalue weighted by Gasteiger charge is -2.34. The maximum Gasteiger partial charge on any atom is 0.244 e. The van der Waals surface area contributed by atoms with Crippen molar-refractivity contribution < 1.29 is 22.7 Å². The normalized spacial score (nSPS) is 11.9. The highest BCUT2D eigenvalue weighted by atomic mass is 32.2. The van der Waals surface area contributed by atoms with Gasteiger partial charge in [-0.15, -0.1) is 0 Å². The summed E-state index contributed by atoms with van der Waals surface area (Å²) >= 11 is 0. The number of carbonyl (C=O) groups is 2. The Morgan fingerprint density at radius 1 is 0.950 bits per heavy atom. The number of amides is 2. The van der Waals surface area contributed by atoms with E-state index in [1.807, 2.05) is 81.4 Å². The minimum atomic E-state index is -3.82. The molecule has 1 N–H and O–H groups in total. The van der Waals surface area contributed by atoms with Crippen LogP contribution in [0.4, 0.5) is 5.69 Å². The predicted octanol–water partition coefficient (Wildman–Crippen LogP) is 4.24. The van der Waals surface area contributed by atoms with Crippen molar-refractivity contribution in [2.24, 2.45) is 0 Å². The number of rotatable bonds is 13. The zero-order valence-electron chi connectivity index (χ0n) is 23.9. The first kappa shape index (κ1) is 30.7. The molecule has 40 heavy (non-hydrogen) atoms. The molecule has 0 saturated heterocycles. The molecular weight excluding hydrogens is 526 g/mol. The lowest BCUT2D eigenvalue weighted by molar-refractivity contribution is -0.140. The van der Waals surface area contributed by atoms with Gasteiger partial charge in [0.15, 0.2) is 0 Å². The third-order valence-electron chi connectivity index (χ3n) is 6.61. The van der Waals surface area contributed by atoms with E-state index in [2.05, 4.69) is 5.32 Å². The molecule has 0 radical (unpaired) electrons. The first-order chi connectivity index (χ1) is 19.0. The molecule has 0 saturated carbocycles. The molecule has 0 aliphatic heterocycles. The SMILES string of the molecule is CCCNC(=O)C(Cc1ccccc1)N(Cc1cccc(OC)c1)C(=O)CN(c1ccc(C)cc1C)S(C)(=O)=O. The summed E-state index contributed by atoms with van der Waals surface area (Å²) in [6.07, 6.45) is 2.10. The van der Waals surface area contributed by atoms with Gasteiger partial charge in [0.2, 0.25) is 21.8 Å². The van der Waals surface area contributed by atoms with Gasteiger partial charge in [0, 0.05) is 19.5 Å². The molecule has 3 rings (SSSR count). The van der Waals surface area contributed by atoms with Crippen molar-refractivity contribution in [1.82, 2.24) is 10.2 Å². The molecule has 1 unspecified atom stereocenters. The number of methoxy groups -OCH3 is 1. The summed E-state index contributed by atoms with van der Waals surface area (Å²) in [6, 6.07) is 21.3. The number of anilines is 1. The largest absolute Gasteiger partial charge is 0.497 e. The number of sulfonamides is 1. The third kappa shape index (κ3) is 8.32. The first-order valence-corrected chi connectivity index (χ1v) is 15.2. The fourth-order valence-electron chi connectivity index (χ4n) is 4.57. The van der Waals surface area contributed by atoms with Crippen molar-refractivity contribution >= 4 is 27.5 Å². The molecule has 0 fully saturated rings. The molecule has 0 bridgehead atoms. The number of nitrogens with zero attached hydrogens (tertiary/aromatic N) is 2. The van der Waals surface area contributed by atoms with E-state index in [9.17, 15) is 18.0 Å². The van der Waals surface area contributed by atoms with Crippen LogP contribution in [0.1, 0.15) is 35.6 Å². The van der Waals surface area contributed by atoms with E-state index < -0.39 is 28.5 Å². The van der Waals surface area contributed by atoms with Crippen LogP contribution >= 0.6 is 0 Å². The fourth-order valence-corrected chi connectivity index (χ4v) is 5.47. The zero-order valence-corrected chi connectivity index (χ0v) is 24.7. The van der Waals surface area contributed by atoms with Gasteiger partial charge in [0.05, 0.1) is 19.1 Å². The first-order valence-electron chi connectivity index (χ1n) is 13.3. The van der Waals surface area contributed by atoms with E-state index in [-0.39, 0.29) is 18.9 Å². The zero-order chi connectivity index (χ0) is 29.3. The summed E-state index contributed by atoms with van der Waals surface area (Å²) in [6.45, 7) is 5.81. The van der Waals surface area contributed by atoms with Gasteiger partial charge in [-0.2, -0.15) is 0 Å². The quantitative estimate of drug-likeness (QED) is 0.334. The molecule has 214 valence electrons. The number of benzene rings is 3. The van der Waals surface area contributed by atoms with E-state index in [1.54, 1.807) is 19.2 Å². The standard InChI is InChI=1S/C31H39N3O5S/c1-6-17-32-31(36)29(20-25-11-8-7-9-12-25)33(21-26-13-10-14-27(19-26)39-4)30(35)22-34(40(5,37)38)28-16-15-23(2)18-24(28)3/h7-16,18-19,29H,6,17,20-22H2,1-5H3,(H,32,36). The molecule has 9 heteroatoms. The average molecular weight is 566 g/mol. The molecule has 0 aromatic heterocycles. The van der Waals surface area contributed by atoms with E-state index in [0.29, 0.717) is 18.0 Å². The van der Waals surface area contributed by atoms with Gasteiger partial charge in [0.25, 0.3) is 0 Å². The summed E-state index contributed by atoms with van der Waals surface area (Å²) in [5, 5.41) is 2.94. The number of nitrogens with one attached hydrogen (secondary N) is 1. The minimum absolute atomic E-state index is 0.0948. The molecule has 3 aromatic rings. The van der Waals surface area contributed by atoms with Crippen LogP contribution in [0.2, 0.25) is 0 Å². The third-order valence-corrected chi connectivity index (χ3v) is 7.73. The fraction of sp³-hybridized carbons (Fsp3) is 0.355. The Bertz CT molecular complexity index is 1410. The summed E-state index contributed by atoms with van der Waals surface area (Å²) in [5.41, 5.74) is 3.79. The lowest BCUT2D eigenvalue weighted by Crippen LogP contribution is -2.53. The van der Waals surface area contributed by atoms with Crippen LogP contribution in [-0.2, 0) is 32.6 Å². The van der Waals surface area contributed by atoms with Crippen LogP contribution in [-0.4, -0.2) is 57.6 Å². The molecule has 1 atom stereocenters. The molecule has 0 spiro atoms. The van der Waals surface area contributed by atoms with Gasteiger partial charge in [-0.05, 0) is 55.2 Å². The van der Waals surface area contributed by atoms with E-state index >= 15 is 0 Å². The van der Waals surface area contributed by atoms with Gasteiger partial charge in [-0.1, -0.05) is 67.1 Å². The predicted molar refractivity (Wildman–Crippen MR) is 159 cm³/mol. The molecule has 8 nitrogen and oxygen atoms in total. The van der Waals surface area contributed by atoms with Gasteiger partial charge in [0.1, 0.15) is 18.3 Å². The van der Waals surface area contributed by atoms with Gasteiger partial charge >= 0.3 is 0 Å². The summed E-state index contributed by atoms with van der Waals surface area (Å²) < 4.78 is 32.4. The van der Waals surface area contributed by atoms with Crippen LogP contribution in [0.3, 0.4) is 0 Å². The maximum atomic E-state index is 14.1. The van der Waals surface area contributed by atoms with Crippen molar-refractivity contribution in [3.8, 4) is 5.75 Å². The second-order valence-electron chi connectivity index (χ2n) is 9.93. The second kappa shape index (κ2) is 14.0. The highest BCUT2D eigenvalue weighted by Gasteiger charge is 2.33. The topological polar surface area (TPSA) is 96.0 Å². The number of hydrogen-bond acceptors (Lipinski definition) is 5. The van der Waals surface area contributed by atoms with E-state index in [0.717, 1.165) is 39.2 Å². The average Bonchev–Trinajstić information content (AvgIpc) is 2.92. The number of aryl methyl sites for hydroxylation is 2. The number of ether oxygens (including phenoxy) is 1. The van der Waals surface area contributed by atoms with Gasteiger partial charge in [-0.25, -0.2) is 8.42 Å². The van der Waals surface area contributed by atoms with E-state index in [4.69, 9.17) is 4.74 Å². The molecule has 3 aromatic carbocycles. The molecule has 0 aliphatic carbocycles. The van der Waals surface area contributed by atoms with Crippen molar-refractivity contribution in [2.45, 2.75) is 46.2 Å². The summed E-state index contributed by atoms with van der Waals surface area (Å²) in [5.74, 6) is -0.159. The molecule has 0 aliphatic rings. The number of carbonyl (C=O) groups excluding carboxylic acids is 2. The highest BCUT2D eigenvalue weighted by Crippen LogP contribution is 2.25. The maximum absolute atomic E-state index is 14.1. The summed E-state index contributed by atoms with van der Waals surface area (Å²) in [4.78, 5) is 29.2.